The first-order valence-electron chi connectivity index (χ1n) is 7.11. The van der Waals surface area contributed by atoms with Crippen molar-refractivity contribution in [1.29, 1.82) is 0 Å². The quantitative estimate of drug-likeness (QED) is 0.774. The number of hydrogen-bond donors (Lipinski definition) is 0. The molecule has 0 aliphatic carbocycles. The lowest BCUT2D eigenvalue weighted by Gasteiger charge is -2.33. The van der Waals surface area contributed by atoms with Crippen LogP contribution in [0.1, 0.15) is 48.5 Å². The van der Waals surface area contributed by atoms with Gasteiger partial charge in [-0.15, -0.1) is 0 Å². The molecule has 19 heavy (non-hydrogen) atoms. The van der Waals surface area contributed by atoms with Crippen molar-refractivity contribution < 1.29 is 9.18 Å². The van der Waals surface area contributed by atoms with Gasteiger partial charge in [0.1, 0.15) is 5.82 Å². The second kappa shape index (κ2) is 6.29. The zero-order chi connectivity index (χ0) is 13.8. The molecular weight excluding hydrogens is 241 g/mol. The summed E-state index contributed by atoms with van der Waals surface area (Å²) in [5.74, 6) is -0.256. The van der Waals surface area contributed by atoms with E-state index in [1.165, 1.54) is 25.3 Å². The van der Waals surface area contributed by atoms with Crippen molar-refractivity contribution >= 4 is 5.78 Å². The van der Waals surface area contributed by atoms with Crippen molar-refractivity contribution in [1.82, 2.24) is 4.90 Å². The maximum Gasteiger partial charge on any atom is 0.164 e. The van der Waals surface area contributed by atoms with Crippen LogP contribution in [0.4, 0.5) is 4.39 Å². The second-order valence-corrected chi connectivity index (χ2v) is 5.52. The Morgan fingerprint density at radius 1 is 1.42 bits per heavy atom. The Labute approximate surface area is 114 Å². The summed E-state index contributed by atoms with van der Waals surface area (Å²) in [5, 5.41) is 0. The van der Waals surface area contributed by atoms with Crippen molar-refractivity contribution in [2.24, 2.45) is 0 Å². The molecule has 0 radical (unpaired) electrons. The van der Waals surface area contributed by atoms with Crippen LogP contribution in [0.2, 0.25) is 0 Å². The van der Waals surface area contributed by atoms with Crippen LogP contribution in [0, 0.1) is 12.7 Å². The third-order valence-corrected chi connectivity index (χ3v) is 4.06. The molecular formula is C16H22FNO. The van der Waals surface area contributed by atoms with Gasteiger partial charge in [-0.2, -0.15) is 0 Å². The number of carbonyl (C=O) groups is 1. The molecule has 1 unspecified atom stereocenters. The van der Waals surface area contributed by atoms with Gasteiger partial charge in [-0.3, -0.25) is 4.79 Å². The zero-order valence-electron chi connectivity index (χ0n) is 11.8. The standard InChI is InChI=1S/C16H22FNO/c1-12-6-7-14(11-15(12)17)16(19)8-10-18-9-4-3-5-13(18)2/h6-7,11,13H,3-5,8-10H2,1-2H3. The van der Waals surface area contributed by atoms with Crippen LogP contribution in [0.5, 0.6) is 0 Å². The molecule has 0 N–H and O–H groups in total. The summed E-state index contributed by atoms with van der Waals surface area (Å²) in [4.78, 5) is 14.4. The Morgan fingerprint density at radius 2 is 2.21 bits per heavy atom. The Kier molecular flexibility index (Phi) is 4.70. The third-order valence-electron chi connectivity index (χ3n) is 4.06. The number of Topliss-reactive ketones (excluding diaryl/α,β-unsaturated/α-hetero) is 1. The first-order chi connectivity index (χ1) is 9.08. The summed E-state index contributed by atoms with van der Waals surface area (Å²) in [6.45, 7) is 5.79. The average Bonchev–Trinajstić information content (AvgIpc) is 2.40. The highest BCUT2D eigenvalue weighted by Crippen LogP contribution is 2.17. The lowest BCUT2D eigenvalue weighted by Crippen LogP contribution is -2.38. The molecule has 104 valence electrons. The molecule has 1 aromatic rings. The van der Waals surface area contributed by atoms with E-state index in [2.05, 4.69) is 11.8 Å². The molecule has 1 fully saturated rings. The molecule has 1 saturated heterocycles. The van der Waals surface area contributed by atoms with Crippen LogP contribution in [0.15, 0.2) is 18.2 Å². The first kappa shape index (κ1) is 14.2. The lowest BCUT2D eigenvalue weighted by atomic mass is 10.0. The predicted octanol–water partition coefficient (Wildman–Crippen LogP) is 3.58. The van der Waals surface area contributed by atoms with Gasteiger partial charge in [-0.05, 0) is 44.9 Å². The van der Waals surface area contributed by atoms with Crippen molar-refractivity contribution in [3.8, 4) is 0 Å². The summed E-state index contributed by atoms with van der Waals surface area (Å²) >= 11 is 0. The smallest absolute Gasteiger partial charge is 0.164 e. The molecule has 1 atom stereocenters. The van der Waals surface area contributed by atoms with Crippen LogP contribution < -0.4 is 0 Å². The SMILES string of the molecule is Cc1ccc(C(=O)CCN2CCCCC2C)cc1F. The summed E-state index contributed by atoms with van der Waals surface area (Å²) in [6, 6.07) is 5.32. The van der Waals surface area contributed by atoms with Gasteiger partial charge in [-0.25, -0.2) is 4.39 Å². The number of ketones is 1. The first-order valence-corrected chi connectivity index (χ1v) is 7.11. The number of hydrogen-bond acceptors (Lipinski definition) is 2. The molecule has 0 bridgehead atoms. The Bertz CT molecular complexity index is 458. The Balaban J connectivity index is 1.91. The van der Waals surface area contributed by atoms with Crippen LogP contribution >= 0.6 is 0 Å². The number of benzene rings is 1. The Hall–Kier alpha value is -1.22. The zero-order valence-corrected chi connectivity index (χ0v) is 11.8. The normalized spacial score (nSPS) is 20.5. The summed E-state index contributed by atoms with van der Waals surface area (Å²) in [5.41, 5.74) is 1.08. The number of carbonyl (C=O) groups excluding carboxylic acids is 1. The van der Waals surface area contributed by atoms with Crippen LogP contribution in [0.3, 0.4) is 0 Å². The highest BCUT2D eigenvalue weighted by Gasteiger charge is 2.19. The second-order valence-electron chi connectivity index (χ2n) is 5.52. The van der Waals surface area contributed by atoms with Crippen LogP contribution in [-0.2, 0) is 0 Å². The van der Waals surface area contributed by atoms with E-state index in [0.29, 0.717) is 23.6 Å². The molecule has 1 heterocycles. The van der Waals surface area contributed by atoms with E-state index in [1.54, 1.807) is 19.1 Å². The van der Waals surface area contributed by atoms with E-state index in [4.69, 9.17) is 0 Å². The van der Waals surface area contributed by atoms with Crippen molar-refractivity contribution in [2.75, 3.05) is 13.1 Å². The topological polar surface area (TPSA) is 20.3 Å². The predicted molar refractivity (Wildman–Crippen MR) is 75.0 cm³/mol. The number of aryl methyl sites for hydroxylation is 1. The maximum absolute atomic E-state index is 13.4. The minimum Gasteiger partial charge on any atom is -0.300 e. The van der Waals surface area contributed by atoms with E-state index >= 15 is 0 Å². The summed E-state index contributed by atoms with van der Waals surface area (Å²) in [7, 11) is 0. The fraction of sp³-hybridized carbons (Fsp3) is 0.562. The lowest BCUT2D eigenvalue weighted by molar-refractivity contribution is 0.0935. The van der Waals surface area contributed by atoms with Crippen LogP contribution in [0.25, 0.3) is 0 Å². The number of likely N-dealkylation sites (tertiary alicyclic amines) is 1. The number of piperidine rings is 1. The fourth-order valence-electron chi connectivity index (χ4n) is 2.65. The molecule has 1 aromatic carbocycles. The molecule has 0 aromatic heterocycles. The molecule has 0 amide bonds. The van der Waals surface area contributed by atoms with Gasteiger partial charge in [0.25, 0.3) is 0 Å². The van der Waals surface area contributed by atoms with Crippen molar-refractivity contribution in [3.05, 3.63) is 35.1 Å². The highest BCUT2D eigenvalue weighted by atomic mass is 19.1. The van der Waals surface area contributed by atoms with E-state index < -0.39 is 0 Å². The molecule has 0 spiro atoms. The number of rotatable bonds is 4. The van der Waals surface area contributed by atoms with E-state index in [9.17, 15) is 9.18 Å². The maximum atomic E-state index is 13.4. The van der Waals surface area contributed by atoms with Crippen LogP contribution in [-0.4, -0.2) is 29.8 Å². The molecule has 2 nitrogen and oxygen atoms in total. The third kappa shape index (κ3) is 3.63. The van der Waals surface area contributed by atoms with E-state index in [1.807, 2.05) is 0 Å². The monoisotopic (exact) mass is 263 g/mol. The highest BCUT2D eigenvalue weighted by molar-refractivity contribution is 5.96. The summed E-state index contributed by atoms with van der Waals surface area (Å²) in [6.07, 6.45) is 4.20. The van der Waals surface area contributed by atoms with Crippen molar-refractivity contribution in [3.63, 3.8) is 0 Å². The fourth-order valence-corrected chi connectivity index (χ4v) is 2.65. The number of halogens is 1. The molecule has 1 aliphatic heterocycles. The van der Waals surface area contributed by atoms with Crippen molar-refractivity contribution in [2.45, 2.75) is 45.6 Å². The van der Waals surface area contributed by atoms with Gasteiger partial charge in [0, 0.05) is 24.6 Å². The summed E-state index contributed by atoms with van der Waals surface area (Å²) < 4.78 is 13.4. The minimum absolute atomic E-state index is 0.0386. The minimum atomic E-state index is -0.294. The average molecular weight is 263 g/mol. The molecule has 2 rings (SSSR count). The van der Waals surface area contributed by atoms with Gasteiger partial charge in [0.05, 0.1) is 0 Å². The molecule has 3 heteroatoms. The molecule has 0 saturated carbocycles. The largest absolute Gasteiger partial charge is 0.300 e. The number of nitrogens with zero attached hydrogens (tertiary/aromatic N) is 1. The van der Waals surface area contributed by atoms with Gasteiger partial charge in [0.2, 0.25) is 0 Å². The van der Waals surface area contributed by atoms with Gasteiger partial charge in [-0.1, -0.05) is 18.6 Å². The van der Waals surface area contributed by atoms with Gasteiger partial charge in [0.15, 0.2) is 5.78 Å². The van der Waals surface area contributed by atoms with Gasteiger partial charge < -0.3 is 4.90 Å². The Morgan fingerprint density at radius 3 is 2.89 bits per heavy atom. The van der Waals surface area contributed by atoms with E-state index in [0.717, 1.165) is 13.1 Å². The molecule has 1 aliphatic rings. The van der Waals surface area contributed by atoms with E-state index in [-0.39, 0.29) is 11.6 Å². The van der Waals surface area contributed by atoms with Gasteiger partial charge >= 0.3 is 0 Å².